The number of hydrogen-bond acceptors (Lipinski definition) is 2. The van der Waals surface area contributed by atoms with Crippen LogP contribution in [-0.2, 0) is 9.53 Å². The maximum Gasteiger partial charge on any atom is 0.201 e. The van der Waals surface area contributed by atoms with E-state index < -0.39 is 8.80 Å². The Hall–Kier alpha value is -0.153. The van der Waals surface area contributed by atoms with Gasteiger partial charge in [0.1, 0.15) is 0 Å². The zero-order valence-electron chi connectivity index (χ0n) is 7.93. The minimum atomic E-state index is -0.890. The van der Waals surface area contributed by atoms with E-state index in [2.05, 4.69) is 13.1 Å². The van der Waals surface area contributed by atoms with E-state index >= 15 is 0 Å². The third-order valence-electron chi connectivity index (χ3n) is 2.81. The topological polar surface area (TPSA) is 26.3 Å². The third-order valence-corrected chi connectivity index (χ3v) is 5.57. The van der Waals surface area contributed by atoms with Gasteiger partial charge in [0.2, 0.25) is 6.29 Å². The monoisotopic (exact) mass is 185 g/mol. The summed E-state index contributed by atoms with van der Waals surface area (Å²) in [5.74, 6) is 0. The molecule has 0 bridgehead atoms. The fourth-order valence-corrected chi connectivity index (χ4v) is 3.52. The molecule has 0 spiro atoms. The molecule has 1 atom stereocenters. The first kappa shape index (κ1) is 9.93. The highest BCUT2D eigenvalue weighted by atomic mass is 28.3. The minimum Gasteiger partial charge on any atom is -0.378 e. The molecule has 3 heteroatoms. The Balaban J connectivity index is 2.62. The van der Waals surface area contributed by atoms with Gasteiger partial charge < -0.3 is 4.74 Å². The molecule has 1 aliphatic rings. The van der Waals surface area contributed by atoms with Crippen molar-refractivity contribution >= 4 is 15.1 Å². The SMILES string of the molecule is C[SiH](C)C1(C[C]=O)CCCCO1. The van der Waals surface area contributed by atoms with Crippen molar-refractivity contribution in [3.05, 3.63) is 0 Å². The predicted molar refractivity (Wildman–Crippen MR) is 51.7 cm³/mol. The van der Waals surface area contributed by atoms with Crippen LogP contribution in [-0.4, -0.2) is 26.9 Å². The van der Waals surface area contributed by atoms with Gasteiger partial charge in [-0.1, -0.05) is 13.1 Å². The van der Waals surface area contributed by atoms with Crippen LogP contribution in [0.2, 0.25) is 13.1 Å². The van der Waals surface area contributed by atoms with Gasteiger partial charge in [-0.05, 0) is 19.3 Å². The Morgan fingerprint density at radius 1 is 1.50 bits per heavy atom. The maximum absolute atomic E-state index is 10.4. The van der Waals surface area contributed by atoms with Gasteiger partial charge >= 0.3 is 0 Å². The summed E-state index contributed by atoms with van der Waals surface area (Å²) in [5.41, 5.74) is 0. The first-order chi connectivity index (χ1) is 5.71. The zero-order chi connectivity index (χ0) is 9.03. The summed E-state index contributed by atoms with van der Waals surface area (Å²) in [6, 6.07) is 0. The minimum absolute atomic E-state index is 0.0556. The summed E-state index contributed by atoms with van der Waals surface area (Å²) >= 11 is 0. The second-order valence-electron chi connectivity index (χ2n) is 3.85. The molecule has 69 valence electrons. The van der Waals surface area contributed by atoms with E-state index in [1.54, 1.807) is 0 Å². The first-order valence-corrected chi connectivity index (χ1v) is 7.59. The predicted octanol–water partition coefficient (Wildman–Crippen LogP) is 1.45. The average molecular weight is 185 g/mol. The fourth-order valence-electron chi connectivity index (χ4n) is 1.79. The van der Waals surface area contributed by atoms with Gasteiger partial charge in [-0.2, -0.15) is 0 Å². The molecule has 0 aliphatic carbocycles. The van der Waals surface area contributed by atoms with E-state index in [0.29, 0.717) is 6.42 Å². The number of hydrogen-bond donors (Lipinski definition) is 0. The molecule has 0 aromatic heterocycles. The lowest BCUT2D eigenvalue weighted by atomic mass is 10.1. The summed E-state index contributed by atoms with van der Waals surface area (Å²) in [6.07, 6.45) is 5.96. The third kappa shape index (κ3) is 1.96. The van der Waals surface area contributed by atoms with Gasteiger partial charge in [0.05, 0.1) is 14.0 Å². The van der Waals surface area contributed by atoms with Crippen molar-refractivity contribution < 1.29 is 9.53 Å². The molecule has 1 saturated heterocycles. The second kappa shape index (κ2) is 4.19. The standard InChI is InChI=1S/C9H17O2Si/c1-12(2)9(6-7-10)5-3-4-8-11-9/h12H,3-6,8H2,1-2H3. The van der Waals surface area contributed by atoms with Crippen LogP contribution in [0.25, 0.3) is 0 Å². The largest absolute Gasteiger partial charge is 0.378 e. The lowest BCUT2D eigenvalue weighted by molar-refractivity contribution is -0.0177. The second-order valence-corrected chi connectivity index (χ2v) is 7.21. The highest BCUT2D eigenvalue weighted by Gasteiger charge is 2.36. The normalized spacial score (nSPS) is 30.6. The summed E-state index contributed by atoms with van der Waals surface area (Å²) in [5, 5.41) is -0.0556. The molecule has 0 N–H and O–H groups in total. The molecule has 0 aromatic rings. The zero-order valence-corrected chi connectivity index (χ0v) is 9.08. The van der Waals surface area contributed by atoms with Crippen molar-refractivity contribution in [3.63, 3.8) is 0 Å². The first-order valence-electron chi connectivity index (χ1n) is 4.70. The van der Waals surface area contributed by atoms with Crippen LogP contribution >= 0.6 is 0 Å². The van der Waals surface area contributed by atoms with Crippen LogP contribution < -0.4 is 0 Å². The average Bonchev–Trinajstić information content (AvgIpc) is 2.06. The van der Waals surface area contributed by atoms with Gasteiger partial charge in [0.15, 0.2) is 0 Å². The van der Waals surface area contributed by atoms with E-state index in [0.717, 1.165) is 19.4 Å². The van der Waals surface area contributed by atoms with Gasteiger partial charge in [-0.25, -0.2) is 0 Å². The summed E-state index contributed by atoms with van der Waals surface area (Å²) in [6.45, 7) is 5.35. The molecule has 0 amide bonds. The lowest BCUT2D eigenvalue weighted by Gasteiger charge is -2.38. The molecule has 1 aliphatic heterocycles. The van der Waals surface area contributed by atoms with Crippen molar-refractivity contribution in [1.29, 1.82) is 0 Å². The molecule has 0 saturated carbocycles. The van der Waals surface area contributed by atoms with Gasteiger partial charge in [0, 0.05) is 13.0 Å². The summed E-state index contributed by atoms with van der Waals surface area (Å²) in [4.78, 5) is 10.4. The Bertz CT molecular complexity index is 151. The van der Waals surface area contributed by atoms with Crippen LogP contribution in [0.3, 0.4) is 0 Å². The van der Waals surface area contributed by atoms with E-state index in [1.165, 1.54) is 6.42 Å². The Labute approximate surface area is 75.9 Å². The van der Waals surface area contributed by atoms with Crippen molar-refractivity contribution in [2.45, 2.75) is 44.0 Å². The quantitative estimate of drug-likeness (QED) is 0.622. The van der Waals surface area contributed by atoms with Crippen molar-refractivity contribution in [3.8, 4) is 0 Å². The summed E-state index contributed by atoms with van der Waals surface area (Å²) in [7, 11) is -0.890. The van der Waals surface area contributed by atoms with Crippen LogP contribution in [0.5, 0.6) is 0 Å². The molecular formula is C9H17O2Si. The molecular weight excluding hydrogens is 168 g/mol. The molecule has 0 aromatic carbocycles. The molecule has 1 fully saturated rings. The highest BCUT2D eigenvalue weighted by molar-refractivity contribution is 6.59. The van der Waals surface area contributed by atoms with Gasteiger partial charge in [0.25, 0.3) is 0 Å². The van der Waals surface area contributed by atoms with Crippen molar-refractivity contribution in [2.75, 3.05) is 6.61 Å². The smallest absolute Gasteiger partial charge is 0.201 e. The molecule has 12 heavy (non-hydrogen) atoms. The van der Waals surface area contributed by atoms with E-state index in [-0.39, 0.29) is 5.22 Å². The Kier molecular flexibility index (Phi) is 3.47. The highest BCUT2D eigenvalue weighted by Crippen LogP contribution is 2.30. The van der Waals surface area contributed by atoms with E-state index in [1.807, 2.05) is 6.29 Å². The van der Waals surface area contributed by atoms with E-state index in [4.69, 9.17) is 4.74 Å². The van der Waals surface area contributed by atoms with Crippen LogP contribution in [0.15, 0.2) is 0 Å². The van der Waals surface area contributed by atoms with Crippen LogP contribution in [0, 0.1) is 0 Å². The van der Waals surface area contributed by atoms with E-state index in [9.17, 15) is 4.79 Å². The molecule has 1 unspecified atom stereocenters. The molecule has 1 heterocycles. The Morgan fingerprint density at radius 2 is 2.25 bits per heavy atom. The fraction of sp³-hybridized carbons (Fsp3) is 0.889. The van der Waals surface area contributed by atoms with Crippen molar-refractivity contribution in [2.24, 2.45) is 0 Å². The number of rotatable bonds is 3. The number of carbonyl (C=O) groups excluding carboxylic acids is 1. The lowest BCUT2D eigenvalue weighted by Crippen LogP contribution is -2.47. The maximum atomic E-state index is 10.4. The molecule has 1 rings (SSSR count). The van der Waals surface area contributed by atoms with Crippen molar-refractivity contribution in [1.82, 2.24) is 0 Å². The van der Waals surface area contributed by atoms with Crippen LogP contribution in [0.1, 0.15) is 25.7 Å². The Morgan fingerprint density at radius 3 is 2.67 bits per heavy atom. The van der Waals surface area contributed by atoms with Gasteiger partial charge in [-0.15, -0.1) is 0 Å². The number of ether oxygens (including phenoxy) is 1. The molecule has 2 nitrogen and oxygen atoms in total. The van der Waals surface area contributed by atoms with Gasteiger partial charge in [-0.3, -0.25) is 4.79 Å². The summed E-state index contributed by atoms with van der Waals surface area (Å²) < 4.78 is 5.77. The molecule has 1 radical (unpaired) electrons. The van der Waals surface area contributed by atoms with Crippen LogP contribution in [0.4, 0.5) is 0 Å².